The van der Waals surface area contributed by atoms with Crippen LogP contribution in [0.2, 0.25) is 5.02 Å². The van der Waals surface area contributed by atoms with Crippen molar-refractivity contribution in [3.63, 3.8) is 0 Å². The predicted molar refractivity (Wildman–Crippen MR) is 99.3 cm³/mol. The molecule has 0 aliphatic carbocycles. The maximum absolute atomic E-state index is 14.3. The number of anilines is 1. The molecule has 130 valence electrons. The molecule has 3 rings (SSSR count). The average molecular weight is 360 g/mol. The number of hydrogen-bond acceptors (Lipinski definition) is 3. The number of benzene rings is 2. The van der Waals surface area contributed by atoms with Crippen molar-refractivity contribution in [1.29, 1.82) is 0 Å². The van der Waals surface area contributed by atoms with Gasteiger partial charge >= 0.3 is 0 Å². The number of hydrogen-bond donors (Lipinski definition) is 1. The lowest BCUT2D eigenvalue weighted by Crippen LogP contribution is -2.34. The Morgan fingerprint density at radius 1 is 1.24 bits per heavy atom. The molecule has 0 saturated heterocycles. The van der Waals surface area contributed by atoms with Gasteiger partial charge in [0.15, 0.2) is 0 Å². The van der Waals surface area contributed by atoms with Crippen molar-refractivity contribution < 1.29 is 9.18 Å². The number of rotatable bonds is 5. The fourth-order valence-corrected chi connectivity index (χ4v) is 3.10. The van der Waals surface area contributed by atoms with E-state index < -0.39 is 0 Å². The summed E-state index contributed by atoms with van der Waals surface area (Å²) in [6.07, 6.45) is 0.805. The van der Waals surface area contributed by atoms with Crippen LogP contribution in [-0.4, -0.2) is 38.3 Å². The molecule has 6 heteroatoms. The topological polar surface area (TPSA) is 44.7 Å². The minimum Gasteiger partial charge on any atom is -0.320 e. The largest absolute Gasteiger partial charge is 0.320 e. The monoisotopic (exact) mass is 359 g/mol. The molecule has 0 bridgehead atoms. The first-order valence-electron chi connectivity index (χ1n) is 8.16. The Kier molecular flexibility index (Phi) is 5.46. The third-order valence-electron chi connectivity index (χ3n) is 4.12. The van der Waals surface area contributed by atoms with Gasteiger partial charge in [-0.25, -0.2) is 4.39 Å². The molecule has 0 spiro atoms. The zero-order valence-electron chi connectivity index (χ0n) is 13.9. The van der Waals surface area contributed by atoms with Crippen molar-refractivity contribution in [3.8, 4) is 0 Å². The SMILES string of the molecule is CNCCCN1C(=O)CN=C(c2ccccc2F)c2cc(Cl)ccc21. The van der Waals surface area contributed by atoms with Gasteiger partial charge in [-0.05, 0) is 50.3 Å². The molecule has 2 aromatic carbocycles. The third kappa shape index (κ3) is 3.72. The van der Waals surface area contributed by atoms with Crippen molar-refractivity contribution in [2.75, 3.05) is 31.6 Å². The van der Waals surface area contributed by atoms with Gasteiger partial charge < -0.3 is 10.2 Å². The van der Waals surface area contributed by atoms with Crippen molar-refractivity contribution in [2.24, 2.45) is 4.99 Å². The summed E-state index contributed by atoms with van der Waals surface area (Å²) in [7, 11) is 1.87. The highest BCUT2D eigenvalue weighted by atomic mass is 35.5. The van der Waals surface area contributed by atoms with Crippen LogP contribution in [-0.2, 0) is 4.79 Å². The number of aliphatic imine (C=N–C) groups is 1. The van der Waals surface area contributed by atoms with Crippen LogP contribution in [0.3, 0.4) is 0 Å². The quantitative estimate of drug-likeness (QED) is 0.833. The second-order valence-electron chi connectivity index (χ2n) is 5.81. The number of carbonyl (C=O) groups is 1. The van der Waals surface area contributed by atoms with Crippen LogP contribution in [0.25, 0.3) is 0 Å². The van der Waals surface area contributed by atoms with Crippen LogP contribution >= 0.6 is 11.6 Å². The van der Waals surface area contributed by atoms with E-state index in [0.29, 0.717) is 34.1 Å². The summed E-state index contributed by atoms with van der Waals surface area (Å²) < 4.78 is 14.3. The lowest BCUT2D eigenvalue weighted by molar-refractivity contribution is -0.117. The van der Waals surface area contributed by atoms with E-state index in [2.05, 4.69) is 10.3 Å². The van der Waals surface area contributed by atoms with Crippen molar-refractivity contribution in [2.45, 2.75) is 6.42 Å². The summed E-state index contributed by atoms with van der Waals surface area (Å²) in [5.74, 6) is -0.478. The van der Waals surface area contributed by atoms with Gasteiger partial charge in [0.1, 0.15) is 12.4 Å². The first-order chi connectivity index (χ1) is 12.1. The second kappa shape index (κ2) is 7.76. The van der Waals surface area contributed by atoms with Gasteiger partial charge in [0.2, 0.25) is 5.91 Å². The van der Waals surface area contributed by atoms with Crippen molar-refractivity contribution >= 4 is 28.9 Å². The first kappa shape index (κ1) is 17.6. The molecule has 1 amide bonds. The van der Waals surface area contributed by atoms with E-state index in [1.54, 1.807) is 41.3 Å². The zero-order valence-corrected chi connectivity index (χ0v) is 14.7. The molecule has 0 radical (unpaired) electrons. The molecular formula is C19H19ClFN3O. The molecule has 0 fully saturated rings. The number of fused-ring (bicyclic) bond motifs is 1. The summed E-state index contributed by atoms with van der Waals surface area (Å²) in [5, 5.41) is 3.60. The van der Waals surface area contributed by atoms with E-state index in [0.717, 1.165) is 13.0 Å². The molecule has 1 heterocycles. The molecule has 4 nitrogen and oxygen atoms in total. The highest BCUT2D eigenvalue weighted by Gasteiger charge is 2.26. The maximum atomic E-state index is 14.3. The minimum absolute atomic E-state index is 0.0183. The number of benzodiazepines with no additional fused rings is 1. The molecule has 1 aliphatic rings. The molecule has 1 N–H and O–H groups in total. The van der Waals surface area contributed by atoms with Crippen LogP contribution in [0.15, 0.2) is 47.5 Å². The predicted octanol–water partition coefficient (Wildman–Crippen LogP) is 3.27. The Bertz CT molecular complexity index is 822. The van der Waals surface area contributed by atoms with E-state index in [1.807, 2.05) is 7.05 Å². The normalized spacial score (nSPS) is 14.1. The van der Waals surface area contributed by atoms with Gasteiger partial charge in [-0.15, -0.1) is 0 Å². The van der Waals surface area contributed by atoms with Gasteiger partial charge in [0.05, 0.1) is 11.4 Å². The molecule has 2 aromatic rings. The van der Waals surface area contributed by atoms with Gasteiger partial charge in [0, 0.05) is 22.7 Å². The third-order valence-corrected chi connectivity index (χ3v) is 4.35. The summed E-state index contributed by atoms with van der Waals surface area (Å²) >= 11 is 6.17. The summed E-state index contributed by atoms with van der Waals surface area (Å²) in [4.78, 5) is 18.7. The lowest BCUT2D eigenvalue weighted by Gasteiger charge is -2.23. The molecule has 0 saturated carbocycles. The van der Waals surface area contributed by atoms with Crippen LogP contribution in [0.5, 0.6) is 0 Å². The molecular weight excluding hydrogens is 341 g/mol. The van der Waals surface area contributed by atoms with E-state index in [4.69, 9.17) is 11.6 Å². The fourth-order valence-electron chi connectivity index (χ4n) is 2.93. The molecule has 0 atom stereocenters. The molecule has 0 unspecified atom stereocenters. The van der Waals surface area contributed by atoms with Gasteiger partial charge in [0.25, 0.3) is 0 Å². The number of nitrogens with zero attached hydrogens (tertiary/aromatic N) is 2. The Morgan fingerprint density at radius 3 is 2.80 bits per heavy atom. The van der Waals surface area contributed by atoms with Crippen molar-refractivity contribution in [3.05, 3.63) is 64.4 Å². The number of nitrogens with one attached hydrogen (secondary N) is 1. The maximum Gasteiger partial charge on any atom is 0.248 e. The summed E-state index contributed by atoms with van der Waals surface area (Å²) in [6.45, 7) is 1.34. The second-order valence-corrected chi connectivity index (χ2v) is 6.25. The van der Waals surface area contributed by atoms with E-state index in [-0.39, 0.29) is 18.3 Å². The van der Waals surface area contributed by atoms with E-state index in [1.165, 1.54) is 6.07 Å². The highest BCUT2D eigenvalue weighted by molar-refractivity contribution is 6.32. The lowest BCUT2D eigenvalue weighted by atomic mass is 9.99. The summed E-state index contributed by atoms with van der Waals surface area (Å²) in [5.41, 5.74) is 2.22. The van der Waals surface area contributed by atoms with E-state index in [9.17, 15) is 9.18 Å². The summed E-state index contributed by atoms with van der Waals surface area (Å²) in [6, 6.07) is 11.7. The van der Waals surface area contributed by atoms with Crippen LogP contribution < -0.4 is 10.2 Å². The smallest absolute Gasteiger partial charge is 0.248 e. The minimum atomic E-state index is -0.372. The van der Waals surface area contributed by atoms with Crippen molar-refractivity contribution in [1.82, 2.24) is 5.32 Å². The average Bonchev–Trinajstić information content (AvgIpc) is 2.73. The molecule has 0 aromatic heterocycles. The van der Waals surface area contributed by atoms with Gasteiger partial charge in [-0.2, -0.15) is 0 Å². The van der Waals surface area contributed by atoms with Gasteiger partial charge in [-0.1, -0.05) is 23.7 Å². The van der Waals surface area contributed by atoms with E-state index >= 15 is 0 Å². The number of carbonyl (C=O) groups excluding carboxylic acids is 1. The number of amides is 1. The first-order valence-corrected chi connectivity index (χ1v) is 8.54. The highest BCUT2D eigenvalue weighted by Crippen LogP contribution is 2.30. The van der Waals surface area contributed by atoms with Crippen LogP contribution in [0.4, 0.5) is 10.1 Å². The standard InChI is InChI=1S/C19H19ClFN3O/c1-22-9-4-10-24-17-8-7-13(20)11-15(17)19(23-12-18(24)25)14-5-2-3-6-16(14)21/h2-3,5-8,11,22H,4,9-10,12H2,1H3. The van der Waals surface area contributed by atoms with Crippen LogP contribution in [0, 0.1) is 5.82 Å². The molecule has 25 heavy (non-hydrogen) atoms. The zero-order chi connectivity index (χ0) is 17.8. The molecule has 1 aliphatic heterocycles. The number of halogens is 2. The Labute approximate surface area is 151 Å². The fraction of sp³-hybridized carbons (Fsp3) is 0.263. The van der Waals surface area contributed by atoms with Gasteiger partial charge in [-0.3, -0.25) is 9.79 Å². The Morgan fingerprint density at radius 2 is 2.04 bits per heavy atom. The Balaban J connectivity index is 2.09. The Hall–Kier alpha value is -2.24. The van der Waals surface area contributed by atoms with Crippen LogP contribution in [0.1, 0.15) is 17.5 Å².